The van der Waals surface area contributed by atoms with Crippen molar-refractivity contribution in [2.24, 2.45) is 0 Å². The standard InChI is InChI=1S/C13H16ClNO3S/c14-12-5-2-1-4-11(12)13(16)10-15-6-3-8-19(17,18)9-7-15/h1-2,4-5H,3,6-10H2. The average Bonchev–Trinajstić information content (AvgIpc) is 2.51. The van der Waals surface area contributed by atoms with Gasteiger partial charge in [0.2, 0.25) is 0 Å². The fourth-order valence-electron chi connectivity index (χ4n) is 2.12. The molecule has 104 valence electrons. The number of nitrogens with zero attached hydrogens (tertiary/aromatic N) is 1. The molecule has 0 saturated carbocycles. The maximum atomic E-state index is 12.1. The highest BCUT2D eigenvalue weighted by molar-refractivity contribution is 7.91. The Morgan fingerprint density at radius 2 is 1.95 bits per heavy atom. The average molecular weight is 302 g/mol. The maximum Gasteiger partial charge on any atom is 0.178 e. The Morgan fingerprint density at radius 3 is 2.68 bits per heavy atom. The highest BCUT2D eigenvalue weighted by Gasteiger charge is 2.21. The normalized spacial score (nSPS) is 19.8. The molecule has 0 radical (unpaired) electrons. The molecular formula is C13H16ClNO3S. The molecule has 0 atom stereocenters. The molecule has 1 aliphatic heterocycles. The zero-order chi connectivity index (χ0) is 13.9. The van der Waals surface area contributed by atoms with Crippen LogP contribution in [0.2, 0.25) is 5.02 Å². The van der Waals surface area contributed by atoms with Gasteiger partial charge in [-0.2, -0.15) is 0 Å². The Kier molecular flexibility index (Phi) is 4.60. The summed E-state index contributed by atoms with van der Waals surface area (Å²) < 4.78 is 23.0. The molecule has 0 unspecified atom stereocenters. The lowest BCUT2D eigenvalue weighted by atomic mass is 10.1. The van der Waals surface area contributed by atoms with E-state index in [9.17, 15) is 13.2 Å². The van der Waals surface area contributed by atoms with E-state index in [1.54, 1.807) is 24.3 Å². The Labute approximate surface area is 118 Å². The first-order valence-corrected chi connectivity index (χ1v) is 8.38. The molecule has 0 N–H and O–H groups in total. The second-order valence-corrected chi connectivity index (χ2v) is 7.40. The van der Waals surface area contributed by atoms with Gasteiger partial charge in [0, 0.05) is 12.1 Å². The smallest absolute Gasteiger partial charge is 0.178 e. The summed E-state index contributed by atoms with van der Waals surface area (Å²) in [5.41, 5.74) is 0.497. The van der Waals surface area contributed by atoms with Crippen molar-refractivity contribution in [2.45, 2.75) is 6.42 Å². The van der Waals surface area contributed by atoms with Crippen LogP contribution in [0.5, 0.6) is 0 Å². The lowest BCUT2D eigenvalue weighted by molar-refractivity contribution is 0.0936. The fourth-order valence-corrected chi connectivity index (χ4v) is 3.67. The summed E-state index contributed by atoms with van der Waals surface area (Å²) in [5, 5.41) is 0.440. The highest BCUT2D eigenvalue weighted by atomic mass is 35.5. The molecule has 19 heavy (non-hydrogen) atoms. The van der Waals surface area contributed by atoms with Crippen molar-refractivity contribution in [2.75, 3.05) is 31.1 Å². The number of Topliss-reactive ketones (excluding diaryl/α,β-unsaturated/α-hetero) is 1. The first kappa shape index (κ1) is 14.5. The van der Waals surface area contributed by atoms with Crippen LogP contribution in [0.1, 0.15) is 16.8 Å². The summed E-state index contributed by atoms with van der Waals surface area (Å²) in [6.45, 7) is 1.27. The monoisotopic (exact) mass is 301 g/mol. The van der Waals surface area contributed by atoms with Crippen LogP contribution >= 0.6 is 11.6 Å². The Hall–Kier alpha value is -0.910. The number of sulfone groups is 1. The number of hydrogen-bond donors (Lipinski definition) is 0. The highest BCUT2D eigenvalue weighted by Crippen LogP contribution is 2.16. The van der Waals surface area contributed by atoms with E-state index in [4.69, 9.17) is 11.6 Å². The third-order valence-electron chi connectivity index (χ3n) is 3.19. The van der Waals surface area contributed by atoms with Gasteiger partial charge in [0.25, 0.3) is 0 Å². The van der Waals surface area contributed by atoms with E-state index < -0.39 is 9.84 Å². The van der Waals surface area contributed by atoms with Crippen molar-refractivity contribution in [3.8, 4) is 0 Å². The molecule has 0 aromatic heterocycles. The third kappa shape index (κ3) is 4.03. The molecule has 1 fully saturated rings. The van der Waals surface area contributed by atoms with Crippen LogP contribution in [-0.2, 0) is 9.84 Å². The first-order valence-electron chi connectivity index (χ1n) is 6.18. The molecule has 1 aromatic rings. The minimum atomic E-state index is -2.94. The van der Waals surface area contributed by atoms with Crippen LogP contribution in [0.4, 0.5) is 0 Å². The summed E-state index contributed by atoms with van der Waals surface area (Å²) in [4.78, 5) is 14.0. The number of carbonyl (C=O) groups is 1. The van der Waals surface area contributed by atoms with Crippen LogP contribution < -0.4 is 0 Å². The van der Waals surface area contributed by atoms with Crippen molar-refractivity contribution in [3.05, 3.63) is 34.9 Å². The van der Waals surface area contributed by atoms with Gasteiger partial charge in [-0.25, -0.2) is 8.42 Å². The SMILES string of the molecule is O=C(CN1CCCS(=O)(=O)CC1)c1ccccc1Cl. The molecule has 0 spiro atoms. The molecule has 0 aliphatic carbocycles. The largest absolute Gasteiger partial charge is 0.295 e. The Morgan fingerprint density at radius 1 is 1.21 bits per heavy atom. The van der Waals surface area contributed by atoms with E-state index in [-0.39, 0.29) is 23.8 Å². The number of halogens is 1. The van der Waals surface area contributed by atoms with Gasteiger partial charge in [0.15, 0.2) is 15.6 Å². The van der Waals surface area contributed by atoms with Crippen molar-refractivity contribution >= 4 is 27.2 Å². The van der Waals surface area contributed by atoms with Gasteiger partial charge in [-0.05, 0) is 25.1 Å². The summed E-state index contributed by atoms with van der Waals surface area (Å²) in [6.07, 6.45) is 0.581. The summed E-state index contributed by atoms with van der Waals surface area (Å²) in [5.74, 6) is 0.275. The lowest BCUT2D eigenvalue weighted by Crippen LogP contribution is -2.32. The van der Waals surface area contributed by atoms with Crippen LogP contribution in [-0.4, -0.2) is 50.2 Å². The summed E-state index contributed by atoms with van der Waals surface area (Å²) in [7, 11) is -2.94. The molecule has 0 amide bonds. The minimum absolute atomic E-state index is 0.0649. The zero-order valence-electron chi connectivity index (χ0n) is 10.5. The third-order valence-corrected chi connectivity index (χ3v) is 5.23. The Bertz CT molecular complexity index is 571. The first-order chi connectivity index (χ1) is 8.98. The Balaban J connectivity index is 2.02. The van der Waals surface area contributed by atoms with E-state index in [2.05, 4.69) is 0 Å². The van der Waals surface area contributed by atoms with Crippen LogP contribution in [0.15, 0.2) is 24.3 Å². The molecule has 0 bridgehead atoms. The van der Waals surface area contributed by atoms with Gasteiger partial charge < -0.3 is 0 Å². The van der Waals surface area contributed by atoms with Gasteiger partial charge in [0.1, 0.15) is 0 Å². The summed E-state index contributed by atoms with van der Waals surface area (Å²) in [6, 6.07) is 6.92. The topological polar surface area (TPSA) is 54.5 Å². The van der Waals surface area contributed by atoms with Crippen molar-refractivity contribution in [3.63, 3.8) is 0 Å². The van der Waals surface area contributed by atoms with E-state index in [0.717, 1.165) is 0 Å². The van der Waals surface area contributed by atoms with E-state index in [1.807, 2.05) is 4.90 Å². The van der Waals surface area contributed by atoms with Crippen LogP contribution in [0.25, 0.3) is 0 Å². The maximum absolute atomic E-state index is 12.1. The van der Waals surface area contributed by atoms with Gasteiger partial charge in [-0.3, -0.25) is 9.69 Å². The molecular weight excluding hydrogens is 286 g/mol. The van der Waals surface area contributed by atoms with E-state index >= 15 is 0 Å². The molecule has 1 saturated heterocycles. The van der Waals surface area contributed by atoms with E-state index in [0.29, 0.717) is 30.1 Å². The fraction of sp³-hybridized carbons (Fsp3) is 0.462. The molecule has 1 aliphatic rings. The number of benzene rings is 1. The van der Waals surface area contributed by atoms with E-state index in [1.165, 1.54) is 0 Å². The van der Waals surface area contributed by atoms with Crippen LogP contribution in [0, 0.1) is 0 Å². The second kappa shape index (κ2) is 6.03. The molecule has 1 aromatic carbocycles. The molecule has 2 rings (SSSR count). The van der Waals surface area contributed by atoms with Crippen molar-refractivity contribution in [1.29, 1.82) is 0 Å². The van der Waals surface area contributed by atoms with Gasteiger partial charge in [-0.15, -0.1) is 0 Å². The van der Waals surface area contributed by atoms with Crippen molar-refractivity contribution < 1.29 is 13.2 Å². The summed E-state index contributed by atoms with van der Waals surface area (Å²) >= 11 is 5.98. The number of hydrogen-bond acceptors (Lipinski definition) is 4. The van der Waals surface area contributed by atoms with Gasteiger partial charge >= 0.3 is 0 Å². The number of ketones is 1. The van der Waals surface area contributed by atoms with Crippen LogP contribution in [0.3, 0.4) is 0 Å². The van der Waals surface area contributed by atoms with Crippen molar-refractivity contribution in [1.82, 2.24) is 4.90 Å². The quantitative estimate of drug-likeness (QED) is 0.797. The predicted octanol–water partition coefficient (Wildman–Crippen LogP) is 1.64. The zero-order valence-corrected chi connectivity index (χ0v) is 12.1. The lowest BCUT2D eigenvalue weighted by Gasteiger charge is -2.18. The van der Waals surface area contributed by atoms with Gasteiger partial charge in [-0.1, -0.05) is 23.7 Å². The molecule has 6 heteroatoms. The van der Waals surface area contributed by atoms with Gasteiger partial charge in [0.05, 0.1) is 23.1 Å². The molecule has 1 heterocycles. The second-order valence-electron chi connectivity index (χ2n) is 4.68. The number of carbonyl (C=O) groups excluding carboxylic acids is 1. The molecule has 4 nitrogen and oxygen atoms in total. The predicted molar refractivity (Wildman–Crippen MR) is 75.5 cm³/mol. The number of rotatable bonds is 3. The minimum Gasteiger partial charge on any atom is -0.295 e.